The smallest absolute Gasteiger partial charge is 0.334 e. The zero-order valence-corrected chi connectivity index (χ0v) is 26.4. The first-order valence-corrected chi connectivity index (χ1v) is 15.8. The number of carbonyl (C=O) groups excluding carboxylic acids is 3. The highest BCUT2D eigenvalue weighted by atomic mass is 32.2. The number of β-lactam (4-membered cyclic amide) rings is 1. The number of nitro groups is 1. The van der Waals surface area contributed by atoms with Crippen molar-refractivity contribution in [1.82, 2.24) is 4.90 Å². The molecule has 3 atom stereocenters. The second-order valence-electron chi connectivity index (χ2n) is 10.5. The maximum Gasteiger partial charge on any atom is 0.334 e. The van der Waals surface area contributed by atoms with Crippen LogP contribution in [0.25, 0.3) is 0 Å². The monoisotopic (exact) mass is 653 g/mol. The van der Waals surface area contributed by atoms with Gasteiger partial charge in [-0.05, 0) is 52.8 Å². The van der Waals surface area contributed by atoms with Crippen LogP contribution in [0.3, 0.4) is 0 Å². The molecule has 1 aliphatic rings. The number of benzene rings is 4. The molecule has 47 heavy (non-hydrogen) atoms. The fourth-order valence-electron chi connectivity index (χ4n) is 4.98. The molecule has 5 rings (SSSR count). The number of nitro benzene ring substituents is 1. The molecule has 0 aliphatic carbocycles. The van der Waals surface area contributed by atoms with E-state index < -0.39 is 39.9 Å². The van der Waals surface area contributed by atoms with Gasteiger partial charge in [-0.15, -0.1) is 11.8 Å². The maximum atomic E-state index is 14.1. The predicted octanol–water partition coefficient (Wildman–Crippen LogP) is 5.87. The standard InChI is InChI=1S/C35H31N3O8S/c1-24(39)46-34-35(47-2,36-21-25-13-17-29(18-14-25)38(42)43)33(41)37(34)31(32(40)45-23-27-11-7-4-8-12-27)28-15-19-30(20-16-28)44-22-26-9-5-3-6-10-26/h3-21,31,34H,22-23H2,1-2H3. The van der Waals surface area contributed by atoms with E-state index >= 15 is 0 Å². The summed E-state index contributed by atoms with van der Waals surface area (Å²) < 4.78 is 17.3. The highest BCUT2D eigenvalue weighted by molar-refractivity contribution is 8.00. The van der Waals surface area contributed by atoms with Gasteiger partial charge in [0.1, 0.15) is 19.0 Å². The molecule has 1 aliphatic heterocycles. The highest BCUT2D eigenvalue weighted by Gasteiger charge is 2.66. The molecule has 1 fully saturated rings. The Morgan fingerprint density at radius 3 is 2.09 bits per heavy atom. The third-order valence-corrected chi connectivity index (χ3v) is 8.50. The Bertz CT molecular complexity index is 1750. The van der Waals surface area contributed by atoms with E-state index in [4.69, 9.17) is 14.2 Å². The molecule has 12 heteroatoms. The fraction of sp³-hybridized carbons (Fsp3) is 0.200. The Balaban J connectivity index is 1.45. The second kappa shape index (κ2) is 14.7. The zero-order valence-electron chi connectivity index (χ0n) is 25.6. The van der Waals surface area contributed by atoms with Gasteiger partial charge in [0, 0.05) is 25.3 Å². The molecule has 4 aromatic rings. The normalized spacial score (nSPS) is 17.9. The van der Waals surface area contributed by atoms with Crippen molar-refractivity contribution in [2.75, 3.05) is 6.26 Å². The molecule has 240 valence electrons. The molecule has 11 nitrogen and oxygen atoms in total. The van der Waals surface area contributed by atoms with E-state index in [-0.39, 0.29) is 12.3 Å². The Morgan fingerprint density at radius 2 is 1.53 bits per heavy atom. The predicted molar refractivity (Wildman–Crippen MR) is 176 cm³/mol. The first-order valence-electron chi connectivity index (χ1n) is 14.5. The van der Waals surface area contributed by atoms with Gasteiger partial charge in [-0.1, -0.05) is 72.8 Å². The van der Waals surface area contributed by atoms with Gasteiger partial charge in [0.15, 0.2) is 6.04 Å². The molecule has 1 saturated heterocycles. The SMILES string of the molecule is CSC1(N=Cc2ccc([N+](=O)[O-])cc2)C(=O)N(C(C(=O)OCc2ccccc2)c2ccc(OCc3ccccc3)cc2)C1OC(C)=O. The zero-order chi connectivity index (χ0) is 33.4. The average Bonchev–Trinajstić information content (AvgIpc) is 3.09. The number of hydrogen-bond acceptors (Lipinski definition) is 10. The van der Waals surface area contributed by atoms with Crippen molar-refractivity contribution in [3.63, 3.8) is 0 Å². The molecule has 0 bridgehead atoms. The summed E-state index contributed by atoms with van der Waals surface area (Å²) in [6, 6.07) is 29.8. The number of rotatable bonds is 13. The number of aliphatic imine (C=N–C) groups is 1. The number of thioether (sulfide) groups is 1. The molecule has 0 spiro atoms. The van der Waals surface area contributed by atoms with E-state index in [0.717, 1.165) is 27.8 Å². The number of hydrogen-bond donors (Lipinski definition) is 0. The molecule has 4 aromatic carbocycles. The third-order valence-electron chi connectivity index (χ3n) is 7.40. The van der Waals surface area contributed by atoms with Gasteiger partial charge >= 0.3 is 11.9 Å². The summed E-state index contributed by atoms with van der Waals surface area (Å²) >= 11 is 1.04. The first-order chi connectivity index (χ1) is 22.7. The minimum absolute atomic E-state index is 0.0410. The van der Waals surface area contributed by atoms with Crippen LogP contribution in [-0.2, 0) is 37.1 Å². The molecular weight excluding hydrogens is 622 g/mol. The van der Waals surface area contributed by atoms with Gasteiger partial charge in [-0.3, -0.25) is 29.6 Å². The number of amides is 1. The largest absolute Gasteiger partial charge is 0.489 e. The van der Waals surface area contributed by atoms with Gasteiger partial charge in [0.2, 0.25) is 11.1 Å². The molecule has 1 heterocycles. The lowest BCUT2D eigenvalue weighted by atomic mass is 9.95. The van der Waals surface area contributed by atoms with Crippen LogP contribution in [0.1, 0.15) is 35.2 Å². The van der Waals surface area contributed by atoms with Gasteiger partial charge < -0.3 is 14.2 Å². The van der Waals surface area contributed by atoms with Crippen molar-refractivity contribution in [3.05, 3.63) is 142 Å². The van der Waals surface area contributed by atoms with E-state index in [1.807, 2.05) is 60.7 Å². The lowest BCUT2D eigenvalue weighted by Gasteiger charge is -2.53. The molecule has 0 aromatic heterocycles. The van der Waals surface area contributed by atoms with Gasteiger partial charge in [-0.2, -0.15) is 0 Å². The molecule has 0 saturated carbocycles. The Labute approximate surface area is 275 Å². The van der Waals surface area contributed by atoms with E-state index in [0.29, 0.717) is 23.5 Å². The van der Waals surface area contributed by atoms with E-state index in [2.05, 4.69) is 4.99 Å². The lowest BCUT2D eigenvalue weighted by Crippen LogP contribution is -2.73. The Morgan fingerprint density at radius 1 is 0.936 bits per heavy atom. The minimum atomic E-state index is -1.62. The number of carbonyl (C=O) groups is 3. The number of non-ortho nitro benzene ring substituents is 1. The third kappa shape index (κ3) is 7.50. The van der Waals surface area contributed by atoms with Crippen molar-refractivity contribution < 1.29 is 33.5 Å². The lowest BCUT2D eigenvalue weighted by molar-refractivity contribution is -0.384. The number of esters is 2. The summed E-state index contributed by atoms with van der Waals surface area (Å²) in [5.74, 6) is -1.45. The summed E-state index contributed by atoms with van der Waals surface area (Å²) in [5.41, 5.74) is 2.54. The minimum Gasteiger partial charge on any atom is -0.489 e. The van der Waals surface area contributed by atoms with Crippen LogP contribution in [0, 0.1) is 10.1 Å². The maximum absolute atomic E-state index is 14.1. The average molecular weight is 654 g/mol. The Kier molecular flexibility index (Phi) is 10.3. The first kappa shape index (κ1) is 32.9. The van der Waals surface area contributed by atoms with Crippen LogP contribution >= 0.6 is 11.8 Å². The van der Waals surface area contributed by atoms with E-state index in [1.54, 1.807) is 30.5 Å². The summed E-state index contributed by atoms with van der Waals surface area (Å²) in [6.07, 6.45) is 1.74. The van der Waals surface area contributed by atoms with E-state index in [1.165, 1.54) is 37.4 Å². The molecule has 1 amide bonds. The molecular formula is C35H31N3O8S. The topological polar surface area (TPSA) is 138 Å². The van der Waals surface area contributed by atoms with Gasteiger partial charge in [0.25, 0.3) is 11.6 Å². The van der Waals surface area contributed by atoms with Crippen molar-refractivity contribution in [2.24, 2.45) is 4.99 Å². The summed E-state index contributed by atoms with van der Waals surface area (Å²) in [7, 11) is 0. The quantitative estimate of drug-likeness (QED) is 0.0570. The summed E-state index contributed by atoms with van der Waals surface area (Å²) in [5, 5.41) is 11.1. The van der Waals surface area contributed by atoms with Crippen LogP contribution in [0.4, 0.5) is 5.69 Å². The fourth-order valence-corrected chi connectivity index (χ4v) is 5.78. The van der Waals surface area contributed by atoms with Crippen molar-refractivity contribution in [3.8, 4) is 5.75 Å². The van der Waals surface area contributed by atoms with E-state index in [9.17, 15) is 24.5 Å². The van der Waals surface area contributed by atoms with Crippen LogP contribution in [-0.4, -0.2) is 51.2 Å². The molecule has 0 N–H and O–H groups in total. The summed E-state index contributed by atoms with van der Waals surface area (Å²) in [4.78, 5) is 54.8. The van der Waals surface area contributed by atoms with Crippen LogP contribution < -0.4 is 4.74 Å². The van der Waals surface area contributed by atoms with Crippen LogP contribution in [0.5, 0.6) is 5.75 Å². The molecule has 0 radical (unpaired) electrons. The number of nitrogens with zero attached hydrogens (tertiary/aromatic N) is 3. The highest BCUT2D eigenvalue weighted by Crippen LogP contribution is 2.48. The van der Waals surface area contributed by atoms with Crippen LogP contribution in [0.15, 0.2) is 114 Å². The van der Waals surface area contributed by atoms with Gasteiger partial charge in [-0.25, -0.2) is 4.79 Å². The van der Waals surface area contributed by atoms with Crippen molar-refractivity contribution >= 4 is 41.5 Å². The number of likely N-dealkylation sites (tertiary alicyclic amines) is 1. The van der Waals surface area contributed by atoms with Crippen molar-refractivity contribution in [2.45, 2.75) is 37.3 Å². The Hall–Kier alpha value is -5.49. The second-order valence-corrected chi connectivity index (χ2v) is 11.6. The van der Waals surface area contributed by atoms with Crippen molar-refractivity contribution in [1.29, 1.82) is 0 Å². The summed E-state index contributed by atoms with van der Waals surface area (Å²) in [6.45, 7) is 1.50. The van der Waals surface area contributed by atoms with Gasteiger partial charge in [0.05, 0.1) is 4.92 Å². The number of ether oxygens (including phenoxy) is 3. The molecule has 3 unspecified atom stereocenters. The van der Waals surface area contributed by atoms with Crippen LogP contribution in [0.2, 0.25) is 0 Å².